The highest BCUT2D eigenvalue weighted by Crippen LogP contribution is 2.32. The summed E-state index contributed by atoms with van der Waals surface area (Å²) in [6, 6.07) is 20.2. The molecule has 0 aliphatic heterocycles. The molecule has 0 saturated heterocycles. The van der Waals surface area contributed by atoms with E-state index in [2.05, 4.69) is 113 Å². The second-order valence-electron chi connectivity index (χ2n) is 11.0. The zero-order valence-corrected chi connectivity index (χ0v) is 25.2. The molecule has 0 aliphatic carbocycles. The largest absolute Gasteiger partial charge is 0.0969 e. The highest BCUT2D eigenvalue weighted by atomic mass is 14.2. The van der Waals surface area contributed by atoms with Gasteiger partial charge in [-0.3, -0.25) is 0 Å². The fourth-order valence-corrected chi connectivity index (χ4v) is 5.16. The zero-order valence-electron chi connectivity index (χ0n) is 25.2. The molecule has 0 radical (unpaired) electrons. The molecule has 0 aromatic heterocycles. The molecule has 0 aliphatic rings. The molecule has 0 heteroatoms. The second-order valence-corrected chi connectivity index (χ2v) is 11.0. The Bertz CT molecular complexity index is 1320. The van der Waals surface area contributed by atoms with Crippen LogP contribution in [0.3, 0.4) is 0 Å². The maximum atomic E-state index is 3.54. The molecule has 0 nitrogen and oxygen atoms in total. The van der Waals surface area contributed by atoms with Crippen LogP contribution in [0.4, 0.5) is 0 Å². The summed E-state index contributed by atoms with van der Waals surface area (Å²) in [6.45, 7) is 11.2. The molecule has 0 amide bonds. The number of unbranched alkanes of at least 4 members (excludes halogenated alkanes) is 7. The minimum atomic E-state index is 0.800. The van der Waals surface area contributed by atoms with E-state index in [1.165, 1.54) is 95.9 Å². The molecule has 0 N–H and O–H groups in total. The normalized spacial score (nSPS) is 10.5. The predicted molar refractivity (Wildman–Crippen MR) is 171 cm³/mol. The maximum Gasteiger partial charge on any atom is 0.0280 e. The lowest BCUT2D eigenvalue weighted by atomic mass is 9.88. The highest BCUT2D eigenvalue weighted by Gasteiger charge is 2.12. The van der Waals surface area contributed by atoms with E-state index in [1.54, 1.807) is 0 Å². The monoisotopic (exact) mass is 516 g/mol. The number of rotatable bonds is 12. The lowest BCUT2D eigenvalue weighted by Gasteiger charge is -2.16. The van der Waals surface area contributed by atoms with E-state index in [4.69, 9.17) is 0 Å². The van der Waals surface area contributed by atoms with Crippen LogP contribution in [-0.4, -0.2) is 0 Å². The Balaban J connectivity index is 1.84. The van der Waals surface area contributed by atoms with Gasteiger partial charge in [-0.1, -0.05) is 118 Å². The Kier molecular flexibility index (Phi) is 13.0. The molecule has 0 unspecified atom stereocenters. The molecule has 0 saturated carbocycles. The predicted octanol–water partition coefficient (Wildman–Crippen LogP) is 10.7. The van der Waals surface area contributed by atoms with Gasteiger partial charge in [-0.05, 0) is 98.0 Å². The van der Waals surface area contributed by atoms with E-state index >= 15 is 0 Å². The molecule has 0 heterocycles. The van der Waals surface area contributed by atoms with Crippen molar-refractivity contribution in [2.75, 3.05) is 0 Å². The molecule has 3 aromatic carbocycles. The standard InChI is InChI=1S/C39H48/c1-6-8-10-14-23-35-27-26-31(3)28-39(35)38-30-37(25-15-11-9-7-2)36(29-33(38)5)24-17-13-12-16-21-34-22-19-18-20-32(34)4/h18-20,22,26-30H,6-15,23,25H2,1-5H3. The number of benzene rings is 3. The van der Waals surface area contributed by atoms with E-state index in [1.807, 2.05) is 0 Å². The van der Waals surface area contributed by atoms with Crippen molar-refractivity contribution in [3.63, 3.8) is 0 Å². The Hall–Kier alpha value is -3.22. The van der Waals surface area contributed by atoms with Gasteiger partial charge in [0.15, 0.2) is 0 Å². The van der Waals surface area contributed by atoms with Crippen LogP contribution in [-0.2, 0) is 12.8 Å². The van der Waals surface area contributed by atoms with Crippen molar-refractivity contribution < 1.29 is 0 Å². The summed E-state index contributed by atoms with van der Waals surface area (Å²) in [5.41, 5.74) is 11.9. The first-order valence-corrected chi connectivity index (χ1v) is 15.3. The lowest BCUT2D eigenvalue weighted by molar-refractivity contribution is 0.666. The van der Waals surface area contributed by atoms with Gasteiger partial charge in [0.2, 0.25) is 0 Å². The van der Waals surface area contributed by atoms with Gasteiger partial charge in [-0.25, -0.2) is 0 Å². The number of hydrogen-bond acceptors (Lipinski definition) is 0. The van der Waals surface area contributed by atoms with Gasteiger partial charge < -0.3 is 0 Å². The van der Waals surface area contributed by atoms with Gasteiger partial charge in [0, 0.05) is 24.0 Å². The Labute approximate surface area is 239 Å². The molecule has 0 spiro atoms. The van der Waals surface area contributed by atoms with Crippen molar-refractivity contribution in [2.24, 2.45) is 0 Å². The van der Waals surface area contributed by atoms with Crippen LogP contribution in [0.15, 0.2) is 54.6 Å². The third kappa shape index (κ3) is 9.79. The molecule has 0 fully saturated rings. The van der Waals surface area contributed by atoms with Crippen LogP contribution in [0.2, 0.25) is 0 Å². The third-order valence-corrected chi connectivity index (χ3v) is 7.57. The number of hydrogen-bond donors (Lipinski definition) is 0. The topological polar surface area (TPSA) is 0 Å². The second kappa shape index (κ2) is 16.7. The molecular formula is C39H48. The summed E-state index contributed by atoms with van der Waals surface area (Å²) < 4.78 is 0. The van der Waals surface area contributed by atoms with Crippen LogP contribution in [0.1, 0.15) is 117 Å². The first-order chi connectivity index (χ1) is 19.0. The van der Waals surface area contributed by atoms with E-state index < -0.39 is 0 Å². The van der Waals surface area contributed by atoms with Crippen LogP contribution >= 0.6 is 0 Å². The SMILES string of the molecule is CCCCCCc1cc(-c2cc(C)ccc2CCCCCC)c(C)cc1C#CCCC#Cc1ccccc1C. The summed E-state index contributed by atoms with van der Waals surface area (Å²) in [5.74, 6) is 13.6. The van der Waals surface area contributed by atoms with Gasteiger partial charge in [-0.2, -0.15) is 0 Å². The fourth-order valence-electron chi connectivity index (χ4n) is 5.16. The third-order valence-electron chi connectivity index (χ3n) is 7.57. The Morgan fingerprint density at radius 3 is 1.85 bits per heavy atom. The Morgan fingerprint density at radius 2 is 1.18 bits per heavy atom. The van der Waals surface area contributed by atoms with Gasteiger partial charge in [0.25, 0.3) is 0 Å². The minimum Gasteiger partial charge on any atom is -0.0969 e. The van der Waals surface area contributed by atoms with Crippen molar-refractivity contribution in [3.05, 3.63) is 93.5 Å². The van der Waals surface area contributed by atoms with E-state index in [0.717, 1.165) is 31.2 Å². The quantitative estimate of drug-likeness (QED) is 0.166. The van der Waals surface area contributed by atoms with Crippen molar-refractivity contribution in [1.82, 2.24) is 0 Å². The molecule has 204 valence electrons. The van der Waals surface area contributed by atoms with Crippen molar-refractivity contribution in [3.8, 4) is 34.8 Å². The van der Waals surface area contributed by atoms with Crippen LogP contribution in [0, 0.1) is 44.5 Å². The first-order valence-electron chi connectivity index (χ1n) is 15.3. The number of aryl methyl sites for hydroxylation is 5. The summed E-state index contributed by atoms with van der Waals surface area (Å²) in [7, 11) is 0. The van der Waals surface area contributed by atoms with Crippen molar-refractivity contribution >= 4 is 0 Å². The molecular weight excluding hydrogens is 468 g/mol. The molecule has 3 rings (SSSR count). The highest BCUT2D eigenvalue weighted by molar-refractivity contribution is 5.73. The summed E-state index contributed by atoms with van der Waals surface area (Å²) >= 11 is 0. The van der Waals surface area contributed by atoms with Crippen LogP contribution in [0.25, 0.3) is 11.1 Å². The van der Waals surface area contributed by atoms with Crippen molar-refractivity contribution in [1.29, 1.82) is 0 Å². The summed E-state index contributed by atoms with van der Waals surface area (Å²) in [4.78, 5) is 0. The van der Waals surface area contributed by atoms with Gasteiger partial charge in [0.05, 0.1) is 0 Å². The van der Waals surface area contributed by atoms with E-state index in [0.29, 0.717) is 0 Å². The van der Waals surface area contributed by atoms with Gasteiger partial charge in [-0.15, -0.1) is 0 Å². The molecule has 0 bridgehead atoms. The smallest absolute Gasteiger partial charge is 0.0280 e. The van der Waals surface area contributed by atoms with Crippen LogP contribution < -0.4 is 0 Å². The van der Waals surface area contributed by atoms with Crippen LogP contribution in [0.5, 0.6) is 0 Å². The molecule has 3 aromatic rings. The van der Waals surface area contributed by atoms with E-state index in [-0.39, 0.29) is 0 Å². The van der Waals surface area contributed by atoms with Gasteiger partial charge in [0.1, 0.15) is 0 Å². The van der Waals surface area contributed by atoms with Crippen molar-refractivity contribution in [2.45, 2.75) is 112 Å². The molecule has 0 atom stereocenters. The average molecular weight is 517 g/mol. The van der Waals surface area contributed by atoms with Gasteiger partial charge >= 0.3 is 0 Å². The first kappa shape index (κ1) is 30.3. The average Bonchev–Trinajstić information content (AvgIpc) is 2.93. The molecule has 39 heavy (non-hydrogen) atoms. The summed E-state index contributed by atoms with van der Waals surface area (Å²) in [6.07, 6.45) is 14.1. The maximum absolute atomic E-state index is 3.54. The fraction of sp³-hybridized carbons (Fsp3) is 0.436. The Morgan fingerprint density at radius 1 is 0.538 bits per heavy atom. The summed E-state index contributed by atoms with van der Waals surface area (Å²) in [5, 5.41) is 0. The zero-order chi connectivity index (χ0) is 27.9. The minimum absolute atomic E-state index is 0.800. The lowest BCUT2D eigenvalue weighted by Crippen LogP contribution is -1.98. The van der Waals surface area contributed by atoms with E-state index in [9.17, 15) is 0 Å².